The van der Waals surface area contributed by atoms with E-state index in [0.717, 1.165) is 4.31 Å². The van der Waals surface area contributed by atoms with Crippen molar-refractivity contribution in [2.45, 2.75) is 24.0 Å². The number of sulfonamides is 1. The summed E-state index contributed by atoms with van der Waals surface area (Å²) in [4.78, 5) is 12.4. The third-order valence-electron chi connectivity index (χ3n) is 4.04. The summed E-state index contributed by atoms with van der Waals surface area (Å²) >= 11 is 1.31. The summed E-state index contributed by atoms with van der Waals surface area (Å²) in [6.45, 7) is 3.54. The molecule has 0 aliphatic rings. The van der Waals surface area contributed by atoms with Gasteiger partial charge >= 0.3 is 0 Å². The van der Waals surface area contributed by atoms with E-state index in [9.17, 15) is 17.6 Å². The molecule has 1 unspecified atom stereocenters. The van der Waals surface area contributed by atoms with E-state index in [1.165, 1.54) is 38.0 Å². The number of halogens is 1. The molecular weight excluding hydrogens is 387 g/mol. The Kier molecular flexibility index (Phi) is 7.02. The summed E-state index contributed by atoms with van der Waals surface area (Å²) in [5.74, 6) is -0.450. The van der Waals surface area contributed by atoms with Crippen LogP contribution in [0.2, 0.25) is 0 Å². The third-order valence-corrected chi connectivity index (χ3v) is 7.18. The average Bonchev–Trinajstić information content (AvgIpc) is 2.61. The van der Waals surface area contributed by atoms with Gasteiger partial charge in [0.2, 0.25) is 15.9 Å². The van der Waals surface area contributed by atoms with Crippen molar-refractivity contribution in [3.05, 3.63) is 59.4 Å². The Hall–Kier alpha value is -1.90. The normalized spacial score (nSPS) is 12.8. The number of thioether (sulfide) groups is 1. The number of nitrogens with zero attached hydrogens (tertiary/aromatic N) is 1. The number of aryl methyl sites for hydroxylation is 1. The van der Waals surface area contributed by atoms with E-state index >= 15 is 0 Å². The Morgan fingerprint density at radius 3 is 2.52 bits per heavy atom. The van der Waals surface area contributed by atoms with Crippen LogP contribution in [0.25, 0.3) is 0 Å². The van der Waals surface area contributed by atoms with E-state index in [1.54, 1.807) is 37.3 Å². The monoisotopic (exact) mass is 410 g/mol. The van der Waals surface area contributed by atoms with Gasteiger partial charge in [-0.25, -0.2) is 17.1 Å². The van der Waals surface area contributed by atoms with E-state index in [-0.39, 0.29) is 27.6 Å². The lowest BCUT2D eigenvalue weighted by atomic mass is 10.1. The molecule has 2 aromatic rings. The number of hydrogen-bond donors (Lipinski definition) is 1. The summed E-state index contributed by atoms with van der Waals surface area (Å²) in [5, 5.41) is 2.52. The zero-order chi connectivity index (χ0) is 20.2. The van der Waals surface area contributed by atoms with Crippen molar-refractivity contribution in [1.29, 1.82) is 0 Å². The lowest BCUT2D eigenvalue weighted by Crippen LogP contribution is -2.23. The molecule has 0 saturated heterocycles. The molecule has 1 amide bonds. The first-order valence-electron chi connectivity index (χ1n) is 8.32. The molecule has 0 spiro atoms. The zero-order valence-corrected chi connectivity index (χ0v) is 17.3. The number of carbonyl (C=O) groups excluding carboxylic acids is 1. The lowest BCUT2D eigenvalue weighted by Gasteiger charge is -2.15. The van der Waals surface area contributed by atoms with Crippen LogP contribution in [0.4, 0.5) is 10.1 Å². The topological polar surface area (TPSA) is 66.5 Å². The highest BCUT2D eigenvalue weighted by molar-refractivity contribution is 8.00. The minimum atomic E-state index is -3.60. The predicted octanol–water partition coefficient (Wildman–Crippen LogP) is 3.82. The van der Waals surface area contributed by atoms with Gasteiger partial charge in [0.25, 0.3) is 0 Å². The Labute approximate surface area is 164 Å². The molecule has 5 nitrogen and oxygen atoms in total. The first kappa shape index (κ1) is 21.4. The number of anilines is 1. The van der Waals surface area contributed by atoms with E-state index in [1.807, 2.05) is 6.92 Å². The molecule has 1 N–H and O–H groups in total. The van der Waals surface area contributed by atoms with Crippen LogP contribution in [-0.2, 0) is 14.8 Å². The van der Waals surface area contributed by atoms with Gasteiger partial charge in [-0.05, 0) is 37.6 Å². The van der Waals surface area contributed by atoms with Crippen LogP contribution in [0.15, 0.2) is 47.4 Å². The minimum absolute atomic E-state index is 0.124. The van der Waals surface area contributed by atoms with Gasteiger partial charge in [-0.1, -0.05) is 24.3 Å². The number of amides is 1. The summed E-state index contributed by atoms with van der Waals surface area (Å²) in [7, 11) is -0.679. The van der Waals surface area contributed by atoms with Gasteiger partial charge in [-0.15, -0.1) is 11.8 Å². The van der Waals surface area contributed by atoms with Gasteiger partial charge in [0.15, 0.2) is 0 Å². The maximum Gasteiger partial charge on any atom is 0.242 e. The second-order valence-corrected chi connectivity index (χ2v) is 9.74. The molecule has 1 atom stereocenters. The molecule has 0 aliphatic heterocycles. The second kappa shape index (κ2) is 8.86. The molecule has 0 heterocycles. The van der Waals surface area contributed by atoms with E-state index < -0.39 is 10.0 Å². The highest BCUT2D eigenvalue weighted by atomic mass is 32.2. The van der Waals surface area contributed by atoms with Crippen LogP contribution in [-0.4, -0.2) is 38.5 Å². The Bertz CT molecular complexity index is 930. The SMILES string of the molecule is Cc1ccc(NC(=O)CSC(C)c2ccccc2F)cc1S(=O)(=O)N(C)C. The number of nitrogens with one attached hydrogen (secondary N) is 1. The van der Waals surface area contributed by atoms with Gasteiger partial charge in [0.1, 0.15) is 5.82 Å². The smallest absolute Gasteiger partial charge is 0.242 e. The molecule has 2 rings (SSSR count). The van der Waals surface area contributed by atoms with Gasteiger partial charge in [0, 0.05) is 30.6 Å². The molecule has 0 aromatic heterocycles. The first-order valence-corrected chi connectivity index (χ1v) is 10.8. The highest BCUT2D eigenvalue weighted by Gasteiger charge is 2.20. The molecule has 146 valence electrons. The molecule has 0 aliphatic carbocycles. The largest absolute Gasteiger partial charge is 0.325 e. The fourth-order valence-corrected chi connectivity index (χ4v) is 4.43. The Morgan fingerprint density at radius 2 is 1.89 bits per heavy atom. The fourth-order valence-electron chi connectivity index (χ4n) is 2.44. The number of rotatable bonds is 7. The van der Waals surface area contributed by atoms with Crippen LogP contribution in [0.3, 0.4) is 0 Å². The summed E-state index contributed by atoms with van der Waals surface area (Å²) in [6, 6.07) is 11.2. The van der Waals surface area contributed by atoms with Crippen molar-refractivity contribution < 1.29 is 17.6 Å². The van der Waals surface area contributed by atoms with Crippen LogP contribution < -0.4 is 5.32 Å². The van der Waals surface area contributed by atoms with E-state index in [4.69, 9.17) is 0 Å². The van der Waals surface area contributed by atoms with Crippen molar-refractivity contribution in [2.75, 3.05) is 25.2 Å². The Morgan fingerprint density at radius 1 is 1.22 bits per heavy atom. The quantitative estimate of drug-likeness (QED) is 0.754. The fraction of sp³-hybridized carbons (Fsp3) is 0.316. The van der Waals surface area contributed by atoms with Crippen LogP contribution in [0, 0.1) is 12.7 Å². The molecule has 0 radical (unpaired) electrons. The zero-order valence-electron chi connectivity index (χ0n) is 15.7. The number of hydrogen-bond acceptors (Lipinski definition) is 4. The van der Waals surface area contributed by atoms with Crippen LogP contribution in [0.5, 0.6) is 0 Å². The van der Waals surface area contributed by atoms with Gasteiger partial charge < -0.3 is 5.32 Å². The van der Waals surface area contributed by atoms with Crippen LogP contribution >= 0.6 is 11.8 Å². The maximum absolute atomic E-state index is 13.8. The summed E-state index contributed by atoms with van der Waals surface area (Å²) in [5.41, 5.74) is 1.56. The predicted molar refractivity (Wildman–Crippen MR) is 108 cm³/mol. The van der Waals surface area contributed by atoms with Crippen LogP contribution in [0.1, 0.15) is 23.3 Å². The van der Waals surface area contributed by atoms with Gasteiger partial charge in [0.05, 0.1) is 10.6 Å². The van der Waals surface area contributed by atoms with E-state index in [2.05, 4.69) is 5.32 Å². The minimum Gasteiger partial charge on any atom is -0.325 e. The maximum atomic E-state index is 13.8. The number of benzene rings is 2. The third kappa shape index (κ3) is 5.31. The van der Waals surface area contributed by atoms with Crippen molar-refractivity contribution in [3.63, 3.8) is 0 Å². The molecule has 8 heteroatoms. The van der Waals surface area contributed by atoms with Crippen molar-refractivity contribution >= 4 is 33.4 Å². The van der Waals surface area contributed by atoms with Crippen molar-refractivity contribution in [1.82, 2.24) is 4.31 Å². The van der Waals surface area contributed by atoms with E-state index in [0.29, 0.717) is 16.8 Å². The van der Waals surface area contributed by atoms with Crippen molar-refractivity contribution in [3.8, 4) is 0 Å². The number of carbonyl (C=O) groups is 1. The highest BCUT2D eigenvalue weighted by Crippen LogP contribution is 2.30. The van der Waals surface area contributed by atoms with Gasteiger partial charge in [-0.3, -0.25) is 4.79 Å². The summed E-state index contributed by atoms with van der Waals surface area (Å²) in [6.07, 6.45) is 0. The van der Waals surface area contributed by atoms with Gasteiger partial charge in [-0.2, -0.15) is 0 Å². The Balaban J connectivity index is 2.05. The second-order valence-electron chi connectivity index (χ2n) is 6.29. The summed E-state index contributed by atoms with van der Waals surface area (Å²) < 4.78 is 39.7. The molecule has 0 saturated carbocycles. The molecule has 0 fully saturated rings. The lowest BCUT2D eigenvalue weighted by molar-refractivity contribution is -0.113. The molecule has 0 bridgehead atoms. The average molecular weight is 411 g/mol. The molecule has 2 aromatic carbocycles. The standard InChI is InChI=1S/C19H23FN2O3S2/c1-13-9-10-15(11-18(13)27(24,25)22(3)4)21-19(23)12-26-14(2)16-7-5-6-8-17(16)20/h5-11,14H,12H2,1-4H3,(H,21,23). The molecular formula is C19H23FN2O3S2. The first-order chi connectivity index (χ1) is 12.6. The molecule has 27 heavy (non-hydrogen) atoms. The van der Waals surface area contributed by atoms with Crippen molar-refractivity contribution in [2.24, 2.45) is 0 Å².